The molecular formula is C11H13FOS. The Kier molecular flexibility index (Phi) is 4.66. The molecule has 0 aliphatic heterocycles. The molecule has 0 aromatic heterocycles. The van der Waals surface area contributed by atoms with Gasteiger partial charge in [0.15, 0.2) is 5.78 Å². The summed E-state index contributed by atoms with van der Waals surface area (Å²) in [5, 5.41) is 0. The van der Waals surface area contributed by atoms with Crippen molar-refractivity contribution in [2.45, 2.75) is 13.3 Å². The molecule has 0 aliphatic rings. The molecule has 0 fully saturated rings. The molecule has 1 nitrogen and oxygen atoms in total. The lowest BCUT2D eigenvalue weighted by Gasteiger charge is -2.00. The van der Waals surface area contributed by atoms with Crippen LogP contribution in [0.25, 0.3) is 0 Å². The third-order valence-corrected chi connectivity index (χ3v) is 2.89. The number of benzene rings is 1. The SMILES string of the molecule is CCCSCC(=O)c1cccc(F)c1. The number of halogens is 1. The standard InChI is InChI=1S/C11H13FOS/c1-2-6-14-8-11(13)9-4-3-5-10(12)7-9/h3-5,7H,2,6,8H2,1H3. The fraction of sp³-hybridized carbons (Fsp3) is 0.364. The molecule has 1 rings (SSSR count). The quantitative estimate of drug-likeness (QED) is 0.551. The summed E-state index contributed by atoms with van der Waals surface area (Å²) in [6.07, 6.45) is 1.06. The highest BCUT2D eigenvalue weighted by atomic mass is 32.2. The van der Waals surface area contributed by atoms with Gasteiger partial charge in [-0.2, -0.15) is 11.8 Å². The Morgan fingerprint density at radius 1 is 1.50 bits per heavy atom. The van der Waals surface area contributed by atoms with Crippen LogP contribution in [0.2, 0.25) is 0 Å². The highest BCUT2D eigenvalue weighted by Gasteiger charge is 2.05. The fourth-order valence-electron chi connectivity index (χ4n) is 1.05. The first-order valence-electron chi connectivity index (χ1n) is 4.60. The first kappa shape index (κ1) is 11.2. The molecule has 0 amide bonds. The smallest absolute Gasteiger partial charge is 0.172 e. The number of carbonyl (C=O) groups is 1. The molecule has 0 saturated carbocycles. The maximum Gasteiger partial charge on any atom is 0.172 e. The Balaban J connectivity index is 2.52. The van der Waals surface area contributed by atoms with Crippen LogP contribution in [0.5, 0.6) is 0 Å². The van der Waals surface area contributed by atoms with E-state index in [4.69, 9.17) is 0 Å². The highest BCUT2D eigenvalue weighted by Crippen LogP contribution is 2.09. The Morgan fingerprint density at radius 2 is 2.29 bits per heavy atom. The van der Waals surface area contributed by atoms with E-state index in [1.807, 2.05) is 0 Å². The van der Waals surface area contributed by atoms with Gasteiger partial charge in [-0.3, -0.25) is 4.79 Å². The van der Waals surface area contributed by atoms with Gasteiger partial charge in [0.2, 0.25) is 0 Å². The average Bonchev–Trinajstić information content (AvgIpc) is 2.18. The Morgan fingerprint density at radius 3 is 2.93 bits per heavy atom. The summed E-state index contributed by atoms with van der Waals surface area (Å²) >= 11 is 1.59. The van der Waals surface area contributed by atoms with Crippen molar-refractivity contribution in [1.29, 1.82) is 0 Å². The molecule has 0 unspecified atom stereocenters. The van der Waals surface area contributed by atoms with Crippen molar-refractivity contribution >= 4 is 17.5 Å². The highest BCUT2D eigenvalue weighted by molar-refractivity contribution is 7.99. The number of Topliss-reactive ketones (excluding diaryl/α,β-unsaturated/α-hetero) is 1. The van der Waals surface area contributed by atoms with Crippen molar-refractivity contribution in [2.24, 2.45) is 0 Å². The van der Waals surface area contributed by atoms with Gasteiger partial charge in [-0.1, -0.05) is 19.1 Å². The van der Waals surface area contributed by atoms with Crippen LogP contribution in [0.1, 0.15) is 23.7 Å². The predicted octanol–water partition coefficient (Wildman–Crippen LogP) is 3.15. The van der Waals surface area contributed by atoms with E-state index < -0.39 is 0 Å². The van der Waals surface area contributed by atoms with Crippen LogP contribution < -0.4 is 0 Å². The van der Waals surface area contributed by atoms with E-state index in [2.05, 4.69) is 6.92 Å². The summed E-state index contributed by atoms with van der Waals surface area (Å²) in [7, 11) is 0. The summed E-state index contributed by atoms with van der Waals surface area (Å²) in [4.78, 5) is 11.5. The largest absolute Gasteiger partial charge is 0.293 e. The normalized spacial score (nSPS) is 10.1. The van der Waals surface area contributed by atoms with Crippen molar-refractivity contribution in [1.82, 2.24) is 0 Å². The third-order valence-electron chi connectivity index (χ3n) is 1.73. The molecule has 0 spiro atoms. The maximum absolute atomic E-state index is 12.8. The van der Waals surface area contributed by atoms with Crippen LogP contribution in [0.4, 0.5) is 4.39 Å². The number of rotatable bonds is 5. The molecule has 0 atom stereocenters. The minimum Gasteiger partial charge on any atom is -0.293 e. The molecule has 3 heteroatoms. The third kappa shape index (κ3) is 3.50. The second-order valence-electron chi connectivity index (χ2n) is 2.99. The maximum atomic E-state index is 12.8. The van der Waals surface area contributed by atoms with Gasteiger partial charge in [0.1, 0.15) is 5.82 Å². The van der Waals surface area contributed by atoms with Crippen LogP contribution >= 0.6 is 11.8 Å². The molecule has 0 N–H and O–H groups in total. The van der Waals surface area contributed by atoms with Gasteiger partial charge in [0.25, 0.3) is 0 Å². The zero-order valence-electron chi connectivity index (χ0n) is 8.13. The van der Waals surface area contributed by atoms with Crippen LogP contribution in [0.3, 0.4) is 0 Å². The zero-order chi connectivity index (χ0) is 10.4. The number of ketones is 1. The molecule has 76 valence electrons. The lowest BCUT2D eigenvalue weighted by Crippen LogP contribution is -2.03. The van der Waals surface area contributed by atoms with Crippen molar-refractivity contribution in [2.75, 3.05) is 11.5 Å². The minimum absolute atomic E-state index is 0.00273. The minimum atomic E-state index is -0.351. The molecular weight excluding hydrogens is 199 g/mol. The van der Waals surface area contributed by atoms with Crippen molar-refractivity contribution in [3.05, 3.63) is 35.6 Å². The molecule has 0 heterocycles. The van der Waals surface area contributed by atoms with Crippen LogP contribution in [0, 0.1) is 5.82 Å². The van der Waals surface area contributed by atoms with Gasteiger partial charge >= 0.3 is 0 Å². The van der Waals surface area contributed by atoms with Gasteiger partial charge in [-0.05, 0) is 24.3 Å². The summed E-state index contributed by atoms with van der Waals surface area (Å²) in [5.41, 5.74) is 0.466. The first-order chi connectivity index (χ1) is 6.74. The second kappa shape index (κ2) is 5.81. The number of hydrogen-bond acceptors (Lipinski definition) is 2. The number of thioether (sulfide) groups is 1. The molecule has 0 aliphatic carbocycles. The van der Waals surface area contributed by atoms with E-state index >= 15 is 0 Å². The predicted molar refractivity (Wildman–Crippen MR) is 58.3 cm³/mol. The summed E-state index contributed by atoms with van der Waals surface area (Å²) in [6.45, 7) is 2.07. The second-order valence-corrected chi connectivity index (χ2v) is 4.09. The van der Waals surface area contributed by atoms with Gasteiger partial charge in [-0.25, -0.2) is 4.39 Å². The average molecular weight is 212 g/mol. The lowest BCUT2D eigenvalue weighted by molar-refractivity contribution is 0.102. The monoisotopic (exact) mass is 212 g/mol. The van der Waals surface area contributed by atoms with Crippen molar-refractivity contribution in [3.63, 3.8) is 0 Å². The summed E-state index contributed by atoms with van der Waals surface area (Å²) < 4.78 is 12.8. The molecule has 0 radical (unpaired) electrons. The van der Waals surface area contributed by atoms with E-state index in [0.29, 0.717) is 11.3 Å². The molecule has 1 aromatic rings. The van der Waals surface area contributed by atoms with Crippen LogP contribution in [-0.4, -0.2) is 17.3 Å². The van der Waals surface area contributed by atoms with Gasteiger partial charge < -0.3 is 0 Å². The molecule has 0 saturated heterocycles. The Labute approximate surface area is 87.7 Å². The number of carbonyl (C=O) groups excluding carboxylic acids is 1. The Bertz CT molecular complexity index is 312. The summed E-state index contributed by atoms with van der Waals surface area (Å²) in [6, 6.07) is 5.84. The summed E-state index contributed by atoms with van der Waals surface area (Å²) in [5.74, 6) is 1.07. The van der Waals surface area contributed by atoms with Gasteiger partial charge in [0.05, 0.1) is 5.75 Å². The van der Waals surface area contributed by atoms with Crippen LogP contribution in [0.15, 0.2) is 24.3 Å². The van der Waals surface area contributed by atoms with Gasteiger partial charge in [-0.15, -0.1) is 0 Å². The molecule has 14 heavy (non-hydrogen) atoms. The van der Waals surface area contributed by atoms with Crippen molar-refractivity contribution in [3.8, 4) is 0 Å². The Hall–Kier alpha value is -0.830. The van der Waals surface area contributed by atoms with E-state index in [-0.39, 0.29) is 11.6 Å². The van der Waals surface area contributed by atoms with E-state index in [0.717, 1.165) is 12.2 Å². The first-order valence-corrected chi connectivity index (χ1v) is 5.76. The van der Waals surface area contributed by atoms with E-state index in [9.17, 15) is 9.18 Å². The molecule has 1 aromatic carbocycles. The van der Waals surface area contributed by atoms with E-state index in [1.165, 1.54) is 12.1 Å². The zero-order valence-corrected chi connectivity index (χ0v) is 8.94. The van der Waals surface area contributed by atoms with E-state index in [1.54, 1.807) is 23.9 Å². The molecule has 0 bridgehead atoms. The van der Waals surface area contributed by atoms with Crippen LogP contribution in [-0.2, 0) is 0 Å². The number of hydrogen-bond donors (Lipinski definition) is 0. The van der Waals surface area contributed by atoms with Crippen molar-refractivity contribution < 1.29 is 9.18 Å². The van der Waals surface area contributed by atoms with Gasteiger partial charge in [0, 0.05) is 5.56 Å². The fourth-order valence-corrected chi connectivity index (χ4v) is 1.84. The topological polar surface area (TPSA) is 17.1 Å². The lowest BCUT2D eigenvalue weighted by atomic mass is 10.1.